The molecule has 1 aromatic carbocycles. The van der Waals surface area contributed by atoms with Gasteiger partial charge in [0, 0.05) is 30.8 Å². The van der Waals surface area contributed by atoms with Crippen LogP contribution in [0, 0.1) is 0 Å². The summed E-state index contributed by atoms with van der Waals surface area (Å²) in [5.74, 6) is -0.101. The zero-order valence-corrected chi connectivity index (χ0v) is 10.9. The Hall–Kier alpha value is -2.10. The molecule has 2 rings (SSSR count). The first-order valence-electron chi connectivity index (χ1n) is 6.51. The van der Waals surface area contributed by atoms with E-state index in [0.29, 0.717) is 17.7 Å². The van der Waals surface area contributed by atoms with Crippen molar-refractivity contribution in [3.05, 3.63) is 48.0 Å². The smallest absolute Gasteiger partial charge is 0.253 e. The highest BCUT2D eigenvalue weighted by Gasteiger charge is 2.19. The minimum atomic E-state index is -0.153. The van der Waals surface area contributed by atoms with Gasteiger partial charge < -0.3 is 10.2 Å². The second-order valence-corrected chi connectivity index (χ2v) is 4.58. The fourth-order valence-corrected chi connectivity index (χ4v) is 2.13. The van der Waals surface area contributed by atoms with Crippen molar-refractivity contribution < 1.29 is 9.59 Å². The number of carbonyl (C=O) groups excluding carboxylic acids is 2. The van der Waals surface area contributed by atoms with E-state index >= 15 is 0 Å². The van der Waals surface area contributed by atoms with Crippen LogP contribution in [-0.2, 0) is 0 Å². The molecule has 1 aliphatic heterocycles. The molecule has 0 radical (unpaired) electrons. The molecular weight excluding hydrogens is 240 g/mol. The third kappa shape index (κ3) is 3.22. The van der Waals surface area contributed by atoms with E-state index in [1.807, 2.05) is 4.90 Å². The van der Waals surface area contributed by atoms with Crippen LogP contribution in [0.1, 0.15) is 33.6 Å². The molecule has 1 fully saturated rings. The first-order chi connectivity index (χ1) is 9.22. The zero-order chi connectivity index (χ0) is 13.7. The van der Waals surface area contributed by atoms with Crippen molar-refractivity contribution in [3.63, 3.8) is 0 Å². The molecule has 1 heterocycles. The number of hydrogen-bond donors (Lipinski definition) is 1. The Balaban J connectivity index is 2.03. The summed E-state index contributed by atoms with van der Waals surface area (Å²) in [6.45, 7) is 5.65. The monoisotopic (exact) mass is 258 g/mol. The zero-order valence-electron chi connectivity index (χ0n) is 10.9. The van der Waals surface area contributed by atoms with Crippen LogP contribution in [0.4, 0.5) is 0 Å². The first-order valence-corrected chi connectivity index (χ1v) is 6.51. The number of amides is 2. The summed E-state index contributed by atoms with van der Waals surface area (Å²) in [6, 6.07) is 6.79. The van der Waals surface area contributed by atoms with Crippen LogP contribution in [0.5, 0.6) is 0 Å². The maximum atomic E-state index is 12.1. The number of carbonyl (C=O) groups is 2. The molecule has 4 nitrogen and oxygen atoms in total. The van der Waals surface area contributed by atoms with Gasteiger partial charge in [0.15, 0.2) is 0 Å². The Kier molecular flexibility index (Phi) is 4.34. The lowest BCUT2D eigenvalue weighted by Crippen LogP contribution is -2.27. The van der Waals surface area contributed by atoms with Crippen molar-refractivity contribution in [2.45, 2.75) is 12.8 Å². The SMILES string of the molecule is C=CCNC(=O)c1ccc(C(=O)N2CCCC2)cc1. The predicted octanol–water partition coefficient (Wildman–Crippen LogP) is 1.84. The van der Waals surface area contributed by atoms with Gasteiger partial charge in [-0.2, -0.15) is 0 Å². The molecule has 1 aromatic rings. The number of nitrogens with zero attached hydrogens (tertiary/aromatic N) is 1. The van der Waals surface area contributed by atoms with Crippen molar-refractivity contribution >= 4 is 11.8 Å². The average Bonchev–Trinajstić information content (AvgIpc) is 2.98. The Bertz CT molecular complexity index is 473. The maximum absolute atomic E-state index is 12.1. The number of benzene rings is 1. The van der Waals surface area contributed by atoms with Gasteiger partial charge in [-0.1, -0.05) is 6.08 Å². The summed E-state index contributed by atoms with van der Waals surface area (Å²) < 4.78 is 0. The molecule has 0 bridgehead atoms. The number of hydrogen-bond acceptors (Lipinski definition) is 2. The van der Waals surface area contributed by atoms with E-state index in [0.717, 1.165) is 25.9 Å². The molecule has 0 atom stereocenters. The standard InChI is InChI=1S/C15H18N2O2/c1-2-9-16-14(18)12-5-7-13(8-6-12)15(19)17-10-3-4-11-17/h2,5-8H,1,3-4,9-11H2,(H,16,18). The third-order valence-corrected chi connectivity index (χ3v) is 3.19. The van der Waals surface area contributed by atoms with E-state index in [1.54, 1.807) is 30.3 Å². The Morgan fingerprint density at radius 1 is 1.16 bits per heavy atom. The molecule has 0 spiro atoms. The van der Waals surface area contributed by atoms with Gasteiger partial charge in [-0.3, -0.25) is 9.59 Å². The lowest BCUT2D eigenvalue weighted by molar-refractivity contribution is 0.0792. The molecular formula is C15H18N2O2. The average molecular weight is 258 g/mol. The van der Waals surface area contributed by atoms with Crippen molar-refractivity contribution in [2.24, 2.45) is 0 Å². The number of likely N-dealkylation sites (tertiary alicyclic amines) is 1. The van der Waals surface area contributed by atoms with Gasteiger partial charge in [0.1, 0.15) is 0 Å². The molecule has 0 unspecified atom stereocenters. The van der Waals surface area contributed by atoms with Crippen LogP contribution in [0.15, 0.2) is 36.9 Å². The van der Waals surface area contributed by atoms with Gasteiger partial charge in [0.2, 0.25) is 0 Å². The van der Waals surface area contributed by atoms with E-state index in [-0.39, 0.29) is 11.8 Å². The minimum absolute atomic E-state index is 0.0514. The fourth-order valence-electron chi connectivity index (χ4n) is 2.13. The second kappa shape index (κ2) is 6.18. The lowest BCUT2D eigenvalue weighted by Gasteiger charge is -2.15. The number of nitrogens with one attached hydrogen (secondary N) is 1. The molecule has 1 aliphatic rings. The topological polar surface area (TPSA) is 49.4 Å². The molecule has 100 valence electrons. The summed E-state index contributed by atoms with van der Waals surface area (Å²) in [6.07, 6.45) is 3.78. The van der Waals surface area contributed by atoms with E-state index in [2.05, 4.69) is 11.9 Å². The quantitative estimate of drug-likeness (QED) is 0.838. The Morgan fingerprint density at radius 3 is 2.32 bits per heavy atom. The number of rotatable bonds is 4. The first kappa shape index (κ1) is 13.3. The molecule has 0 aliphatic carbocycles. The molecule has 1 saturated heterocycles. The molecule has 0 saturated carbocycles. The maximum Gasteiger partial charge on any atom is 0.253 e. The molecule has 1 N–H and O–H groups in total. The van der Waals surface area contributed by atoms with Gasteiger partial charge in [-0.25, -0.2) is 0 Å². The van der Waals surface area contributed by atoms with Crippen LogP contribution in [0.2, 0.25) is 0 Å². The highest BCUT2D eigenvalue weighted by Crippen LogP contribution is 2.13. The lowest BCUT2D eigenvalue weighted by atomic mass is 10.1. The van der Waals surface area contributed by atoms with Gasteiger partial charge in [0.25, 0.3) is 11.8 Å². The molecule has 2 amide bonds. The third-order valence-electron chi connectivity index (χ3n) is 3.19. The van der Waals surface area contributed by atoms with E-state index < -0.39 is 0 Å². The van der Waals surface area contributed by atoms with E-state index in [4.69, 9.17) is 0 Å². The van der Waals surface area contributed by atoms with Crippen LogP contribution in [0.3, 0.4) is 0 Å². The Morgan fingerprint density at radius 2 is 1.74 bits per heavy atom. The molecule has 0 aromatic heterocycles. The van der Waals surface area contributed by atoms with E-state index in [9.17, 15) is 9.59 Å². The van der Waals surface area contributed by atoms with Gasteiger partial charge in [-0.15, -0.1) is 6.58 Å². The normalized spacial score (nSPS) is 14.2. The van der Waals surface area contributed by atoms with Crippen LogP contribution < -0.4 is 5.32 Å². The van der Waals surface area contributed by atoms with Crippen LogP contribution >= 0.6 is 0 Å². The summed E-state index contributed by atoms with van der Waals surface area (Å²) in [5.41, 5.74) is 1.20. The predicted molar refractivity (Wildman–Crippen MR) is 74.1 cm³/mol. The highest BCUT2D eigenvalue weighted by molar-refractivity contribution is 5.97. The van der Waals surface area contributed by atoms with Gasteiger partial charge in [-0.05, 0) is 37.1 Å². The highest BCUT2D eigenvalue weighted by atomic mass is 16.2. The fraction of sp³-hybridized carbons (Fsp3) is 0.333. The van der Waals surface area contributed by atoms with Crippen molar-refractivity contribution in [1.29, 1.82) is 0 Å². The summed E-state index contributed by atoms with van der Waals surface area (Å²) in [4.78, 5) is 25.7. The summed E-state index contributed by atoms with van der Waals surface area (Å²) in [7, 11) is 0. The van der Waals surface area contributed by atoms with E-state index in [1.165, 1.54) is 0 Å². The molecule has 4 heteroatoms. The van der Waals surface area contributed by atoms with Gasteiger partial charge in [0.05, 0.1) is 0 Å². The second-order valence-electron chi connectivity index (χ2n) is 4.58. The summed E-state index contributed by atoms with van der Waals surface area (Å²) in [5, 5.41) is 2.70. The summed E-state index contributed by atoms with van der Waals surface area (Å²) >= 11 is 0. The largest absolute Gasteiger partial charge is 0.349 e. The Labute approximate surface area is 113 Å². The van der Waals surface area contributed by atoms with Crippen LogP contribution in [-0.4, -0.2) is 36.3 Å². The molecule has 19 heavy (non-hydrogen) atoms. The van der Waals surface area contributed by atoms with Crippen molar-refractivity contribution in [1.82, 2.24) is 10.2 Å². The van der Waals surface area contributed by atoms with Crippen molar-refractivity contribution in [2.75, 3.05) is 19.6 Å². The van der Waals surface area contributed by atoms with Crippen LogP contribution in [0.25, 0.3) is 0 Å². The van der Waals surface area contributed by atoms with Crippen molar-refractivity contribution in [3.8, 4) is 0 Å². The van der Waals surface area contributed by atoms with Gasteiger partial charge >= 0.3 is 0 Å². The minimum Gasteiger partial charge on any atom is -0.349 e.